The second kappa shape index (κ2) is 12.8. The van der Waals surface area contributed by atoms with Crippen LogP contribution in [0.15, 0.2) is 36.4 Å². The maximum atomic E-state index is 14.2. The van der Waals surface area contributed by atoms with Gasteiger partial charge in [-0.05, 0) is 75.4 Å². The van der Waals surface area contributed by atoms with Crippen molar-refractivity contribution in [3.63, 3.8) is 0 Å². The highest BCUT2D eigenvalue weighted by Crippen LogP contribution is 2.55. The van der Waals surface area contributed by atoms with E-state index in [2.05, 4.69) is 29.4 Å². The number of rotatable bonds is 8. The van der Waals surface area contributed by atoms with E-state index in [1.807, 2.05) is 12.2 Å². The summed E-state index contributed by atoms with van der Waals surface area (Å²) in [5.74, 6) is -1.18. The predicted octanol–water partition coefficient (Wildman–Crippen LogP) is 4.67. The summed E-state index contributed by atoms with van der Waals surface area (Å²) in [7, 11) is 0. The van der Waals surface area contributed by atoms with Crippen LogP contribution in [0.1, 0.15) is 58.8 Å². The molecule has 1 aromatic carbocycles. The molecule has 6 unspecified atom stereocenters. The normalized spacial score (nSPS) is 35.5. The van der Waals surface area contributed by atoms with Gasteiger partial charge in [0.15, 0.2) is 0 Å². The van der Waals surface area contributed by atoms with Crippen molar-refractivity contribution in [1.82, 2.24) is 15.1 Å². The average Bonchev–Trinajstić information content (AvgIpc) is 3.59. The quantitative estimate of drug-likeness (QED) is 0.413. The summed E-state index contributed by atoms with van der Waals surface area (Å²) < 4.78 is 6.52. The summed E-state index contributed by atoms with van der Waals surface area (Å²) >= 11 is 6.14. The Balaban J connectivity index is 0.00000353. The van der Waals surface area contributed by atoms with Gasteiger partial charge in [0, 0.05) is 23.3 Å². The number of hydrogen-bond acceptors (Lipinski definition) is 5. The lowest BCUT2D eigenvalue weighted by Crippen LogP contribution is -2.58. The van der Waals surface area contributed by atoms with Crippen molar-refractivity contribution >= 4 is 47.4 Å². The van der Waals surface area contributed by atoms with Crippen LogP contribution in [0.3, 0.4) is 0 Å². The van der Waals surface area contributed by atoms with Crippen LogP contribution in [0.4, 0.5) is 5.69 Å². The number of nitrogens with zero attached hydrogens (tertiary/aromatic N) is 2. The van der Waals surface area contributed by atoms with E-state index in [-0.39, 0.29) is 36.2 Å². The Morgan fingerprint density at radius 1 is 1.07 bits per heavy atom. The highest BCUT2D eigenvalue weighted by Gasteiger charge is 2.72. The van der Waals surface area contributed by atoms with Gasteiger partial charge < -0.3 is 25.2 Å². The van der Waals surface area contributed by atoms with Gasteiger partial charge in [0.1, 0.15) is 11.6 Å². The lowest BCUT2D eigenvalue weighted by Gasteiger charge is -2.38. The number of likely N-dealkylation sites (tertiary alicyclic amines) is 2. The molecule has 1 spiro atoms. The zero-order chi connectivity index (χ0) is 28.7. The maximum absolute atomic E-state index is 14.2. The summed E-state index contributed by atoms with van der Waals surface area (Å²) in [6, 6.07) is 6.25. The van der Waals surface area contributed by atoms with E-state index in [0.29, 0.717) is 29.1 Å². The van der Waals surface area contributed by atoms with Crippen LogP contribution >= 0.6 is 24.0 Å². The van der Waals surface area contributed by atoms with Crippen molar-refractivity contribution in [2.45, 2.75) is 82.6 Å². The summed E-state index contributed by atoms with van der Waals surface area (Å²) in [6.45, 7) is 7.98. The Hall–Kier alpha value is -2.13. The summed E-state index contributed by atoms with van der Waals surface area (Å²) in [5, 5.41) is 6.80. The minimum Gasteiger partial charge on any atom is -0.359 e. The molecule has 0 radical (unpaired) electrons. The number of piperidine rings is 1. The summed E-state index contributed by atoms with van der Waals surface area (Å²) in [4.78, 5) is 46.2. The number of halogens is 2. The number of fused-ring (bicyclic) bond motifs is 1. The monoisotopic (exact) mass is 618 g/mol. The van der Waals surface area contributed by atoms with Gasteiger partial charge in [0.25, 0.3) is 0 Å². The molecular formula is C32H44Cl2N4O4. The largest absolute Gasteiger partial charge is 0.359 e. The van der Waals surface area contributed by atoms with Gasteiger partial charge in [-0.15, -0.1) is 12.4 Å². The van der Waals surface area contributed by atoms with Gasteiger partial charge in [0.2, 0.25) is 17.7 Å². The molecule has 5 aliphatic rings. The molecule has 8 atom stereocenters. The van der Waals surface area contributed by atoms with Gasteiger partial charge in [-0.25, -0.2) is 0 Å². The molecule has 3 saturated heterocycles. The van der Waals surface area contributed by atoms with Gasteiger partial charge in [-0.3, -0.25) is 14.4 Å². The first-order valence-electron chi connectivity index (χ1n) is 15.6. The zero-order valence-corrected chi connectivity index (χ0v) is 26.2. The molecular weight excluding hydrogens is 575 g/mol. The van der Waals surface area contributed by atoms with E-state index < -0.39 is 29.6 Å². The lowest BCUT2D eigenvalue weighted by molar-refractivity contribution is -0.141. The molecule has 1 aromatic rings. The molecule has 8 nitrogen and oxygen atoms in total. The minimum atomic E-state index is -1.14. The van der Waals surface area contributed by atoms with E-state index >= 15 is 0 Å². The van der Waals surface area contributed by atoms with Crippen molar-refractivity contribution in [3.8, 4) is 0 Å². The Labute approximate surface area is 260 Å². The van der Waals surface area contributed by atoms with Crippen LogP contribution in [0.25, 0.3) is 0 Å². The SMILES string of the molecule is CC1CCCC(NC(=O)C2N(CCCN3CCCCC3)C(=O)[C@@H]3C(C(=O)Nc4cccc(Cl)c4)[C@@H]4C=CC23O4)C1C.Cl. The smallest absolute Gasteiger partial charge is 0.246 e. The fourth-order valence-corrected chi connectivity index (χ4v) is 8.18. The molecule has 6 rings (SSSR count). The number of amides is 3. The predicted molar refractivity (Wildman–Crippen MR) is 166 cm³/mol. The summed E-state index contributed by atoms with van der Waals surface area (Å²) in [6.07, 6.45) is 10.9. The van der Waals surface area contributed by atoms with Gasteiger partial charge in [-0.2, -0.15) is 0 Å². The minimum absolute atomic E-state index is 0. The number of ether oxygens (including phenoxy) is 1. The Morgan fingerprint density at radius 3 is 2.62 bits per heavy atom. The van der Waals surface area contributed by atoms with Crippen molar-refractivity contribution in [3.05, 3.63) is 41.4 Å². The molecule has 4 heterocycles. The molecule has 0 aromatic heterocycles. The Kier molecular flexibility index (Phi) is 9.57. The first-order chi connectivity index (χ1) is 19.8. The second-order valence-corrected chi connectivity index (χ2v) is 13.3. The fourth-order valence-electron chi connectivity index (χ4n) is 7.99. The molecule has 10 heteroatoms. The van der Waals surface area contributed by atoms with E-state index in [9.17, 15) is 14.4 Å². The molecule has 1 aliphatic carbocycles. The molecule has 2 N–H and O–H groups in total. The van der Waals surface area contributed by atoms with Gasteiger partial charge >= 0.3 is 0 Å². The number of carbonyl (C=O) groups excluding carboxylic acids is 3. The van der Waals surface area contributed by atoms with Crippen molar-refractivity contribution in [1.29, 1.82) is 0 Å². The molecule has 1 saturated carbocycles. The molecule has 3 amide bonds. The zero-order valence-electron chi connectivity index (χ0n) is 24.6. The molecule has 4 fully saturated rings. The third kappa shape index (κ3) is 5.72. The molecule has 230 valence electrons. The Bertz CT molecular complexity index is 1210. The molecule has 2 bridgehead atoms. The number of anilines is 1. The van der Waals surface area contributed by atoms with Crippen molar-refractivity contribution < 1.29 is 19.1 Å². The molecule has 42 heavy (non-hydrogen) atoms. The van der Waals surface area contributed by atoms with Crippen LogP contribution in [-0.4, -0.2) is 77.5 Å². The maximum Gasteiger partial charge on any atom is 0.246 e. The highest BCUT2D eigenvalue weighted by atomic mass is 35.5. The topological polar surface area (TPSA) is 91.0 Å². The first-order valence-corrected chi connectivity index (χ1v) is 15.9. The van der Waals surface area contributed by atoms with Crippen molar-refractivity contribution in [2.75, 3.05) is 31.5 Å². The Morgan fingerprint density at radius 2 is 1.86 bits per heavy atom. The van der Waals surface area contributed by atoms with Gasteiger partial charge in [-0.1, -0.05) is 62.9 Å². The van der Waals surface area contributed by atoms with Crippen LogP contribution in [0, 0.1) is 23.7 Å². The fraction of sp³-hybridized carbons (Fsp3) is 0.656. The van der Waals surface area contributed by atoms with Crippen LogP contribution in [-0.2, 0) is 19.1 Å². The van der Waals surface area contributed by atoms with E-state index in [4.69, 9.17) is 16.3 Å². The number of hydrogen-bond donors (Lipinski definition) is 2. The van der Waals surface area contributed by atoms with E-state index in [0.717, 1.165) is 38.9 Å². The van der Waals surface area contributed by atoms with E-state index in [1.165, 1.54) is 25.7 Å². The van der Waals surface area contributed by atoms with Crippen LogP contribution in [0.5, 0.6) is 0 Å². The number of nitrogens with one attached hydrogen (secondary N) is 2. The number of carbonyl (C=O) groups is 3. The van der Waals surface area contributed by atoms with Crippen LogP contribution < -0.4 is 10.6 Å². The van der Waals surface area contributed by atoms with Crippen molar-refractivity contribution in [2.24, 2.45) is 23.7 Å². The number of benzene rings is 1. The van der Waals surface area contributed by atoms with Crippen LogP contribution in [0.2, 0.25) is 5.02 Å². The highest BCUT2D eigenvalue weighted by molar-refractivity contribution is 6.30. The second-order valence-electron chi connectivity index (χ2n) is 12.9. The third-order valence-electron chi connectivity index (χ3n) is 10.4. The lowest BCUT2D eigenvalue weighted by atomic mass is 9.73. The summed E-state index contributed by atoms with van der Waals surface area (Å²) in [5.41, 5.74) is -0.571. The standard InChI is InChI=1S/C32H43ClN4O4.ClH/c1-20-9-6-12-24(21(20)2)35-30(39)28-32-14-13-25(41-32)26(29(38)34-23-11-7-10-22(33)19-23)27(32)31(40)37(28)18-8-17-36-15-4-3-5-16-36;/h7,10-11,13-14,19-21,24-28H,3-6,8-9,12,15-18H2,1-2H3,(H,34,38)(H,35,39);1H/t20?,21?,24?,25-,26?,27-,28?,32?;/m0./s1. The van der Waals surface area contributed by atoms with Gasteiger partial charge in [0.05, 0.1) is 17.9 Å². The first kappa shape index (κ1) is 31.3. The van der Waals surface area contributed by atoms with E-state index in [1.54, 1.807) is 29.2 Å². The average molecular weight is 620 g/mol. The molecule has 4 aliphatic heterocycles. The third-order valence-corrected chi connectivity index (χ3v) is 10.6.